The van der Waals surface area contributed by atoms with Gasteiger partial charge in [0.05, 0.1) is 30.8 Å². The molecule has 0 aromatic heterocycles. The van der Waals surface area contributed by atoms with E-state index in [0.29, 0.717) is 31.2 Å². The zero-order valence-corrected chi connectivity index (χ0v) is 23.6. The van der Waals surface area contributed by atoms with E-state index >= 15 is 0 Å². The molecule has 3 heterocycles. The summed E-state index contributed by atoms with van der Waals surface area (Å²) in [5, 5.41) is 10.6. The van der Waals surface area contributed by atoms with E-state index in [2.05, 4.69) is 13.2 Å². The first kappa shape index (κ1) is 29.0. The van der Waals surface area contributed by atoms with Crippen LogP contribution in [0.15, 0.2) is 55.6 Å². The van der Waals surface area contributed by atoms with Gasteiger partial charge in [-0.05, 0) is 58.9 Å². The highest BCUT2D eigenvalue weighted by atomic mass is 16.6. The maximum absolute atomic E-state index is 14.5. The standard InChI is InChI=1S/C31H42N2O6/c1-7-9-13-19-38-28(37)24-23-26(35)33(22(20-34)21-14-11-10-12-15-21)25(31(23)17-16-30(24,6)39-31)27(36)32(18-8-2)29(3,4)5/h7-8,10-12,14-15,22-25,34H,1-2,9,13,16-20H2,3-6H3/t22-,23+,24+,25?,30-,31?/m1/s1. The minimum absolute atomic E-state index is 0.220. The van der Waals surface area contributed by atoms with Crippen molar-refractivity contribution in [2.45, 2.75) is 82.2 Å². The van der Waals surface area contributed by atoms with Crippen molar-refractivity contribution in [1.29, 1.82) is 0 Å². The molecule has 6 atom stereocenters. The van der Waals surface area contributed by atoms with E-state index in [1.54, 1.807) is 17.1 Å². The van der Waals surface area contributed by atoms with Gasteiger partial charge in [0.15, 0.2) is 0 Å². The number of carbonyl (C=O) groups excluding carboxylic acids is 3. The Morgan fingerprint density at radius 1 is 1.23 bits per heavy atom. The molecule has 1 N–H and O–H groups in total. The first-order valence-electron chi connectivity index (χ1n) is 13.8. The van der Waals surface area contributed by atoms with Crippen molar-refractivity contribution in [2.24, 2.45) is 11.8 Å². The number of unbranched alkanes of at least 4 members (excludes halogenated alkanes) is 1. The van der Waals surface area contributed by atoms with Gasteiger partial charge >= 0.3 is 5.97 Å². The van der Waals surface area contributed by atoms with Crippen molar-refractivity contribution in [1.82, 2.24) is 9.80 Å². The lowest BCUT2D eigenvalue weighted by Crippen LogP contribution is -2.60. The summed E-state index contributed by atoms with van der Waals surface area (Å²) in [4.78, 5) is 45.7. The first-order chi connectivity index (χ1) is 18.5. The summed E-state index contributed by atoms with van der Waals surface area (Å²) in [5.74, 6) is -2.86. The Morgan fingerprint density at radius 3 is 2.51 bits per heavy atom. The number of allylic oxidation sites excluding steroid dienone is 1. The molecule has 3 fully saturated rings. The van der Waals surface area contributed by atoms with Crippen molar-refractivity contribution in [3.05, 3.63) is 61.2 Å². The van der Waals surface area contributed by atoms with Crippen LogP contribution in [-0.4, -0.2) is 75.2 Å². The topological polar surface area (TPSA) is 96.4 Å². The van der Waals surface area contributed by atoms with Gasteiger partial charge in [-0.25, -0.2) is 0 Å². The number of carbonyl (C=O) groups is 3. The smallest absolute Gasteiger partial charge is 0.312 e. The Balaban J connectivity index is 1.82. The molecule has 2 amide bonds. The Morgan fingerprint density at radius 2 is 1.92 bits per heavy atom. The fraction of sp³-hybridized carbons (Fsp3) is 0.581. The van der Waals surface area contributed by atoms with Gasteiger partial charge < -0.3 is 24.4 Å². The molecule has 3 aliphatic heterocycles. The molecule has 2 bridgehead atoms. The number of aliphatic hydroxyl groups is 1. The average molecular weight is 539 g/mol. The zero-order chi connectivity index (χ0) is 28.6. The highest BCUT2D eigenvalue weighted by Gasteiger charge is 2.79. The molecule has 8 heteroatoms. The molecule has 3 saturated heterocycles. The normalized spacial score (nSPS) is 30.1. The Hall–Kier alpha value is -2.97. The van der Waals surface area contributed by atoms with Crippen molar-refractivity contribution >= 4 is 17.8 Å². The van der Waals surface area contributed by atoms with Crippen molar-refractivity contribution in [3.63, 3.8) is 0 Å². The molecule has 0 aliphatic carbocycles. The number of ether oxygens (including phenoxy) is 2. The maximum Gasteiger partial charge on any atom is 0.312 e. The van der Waals surface area contributed by atoms with Gasteiger partial charge in [-0.2, -0.15) is 0 Å². The number of likely N-dealkylation sites (tertiary alicyclic amines) is 1. The van der Waals surface area contributed by atoms with Crippen LogP contribution in [0.4, 0.5) is 0 Å². The van der Waals surface area contributed by atoms with Crippen LogP contribution >= 0.6 is 0 Å². The monoisotopic (exact) mass is 538 g/mol. The molecule has 1 spiro atoms. The number of hydrogen-bond acceptors (Lipinski definition) is 6. The summed E-state index contributed by atoms with van der Waals surface area (Å²) < 4.78 is 12.4. The fourth-order valence-corrected chi connectivity index (χ4v) is 6.83. The molecule has 1 aromatic rings. The number of nitrogens with zero attached hydrogens (tertiary/aromatic N) is 2. The minimum Gasteiger partial charge on any atom is -0.465 e. The van der Waals surface area contributed by atoms with Crippen LogP contribution in [0.5, 0.6) is 0 Å². The third kappa shape index (κ3) is 4.82. The third-order valence-corrected chi connectivity index (χ3v) is 8.58. The minimum atomic E-state index is -1.21. The van der Waals surface area contributed by atoms with Gasteiger partial charge in [-0.3, -0.25) is 14.4 Å². The Kier molecular flexibility index (Phi) is 8.11. The number of fused-ring (bicyclic) bond motifs is 1. The van der Waals surface area contributed by atoms with Crippen LogP contribution in [0, 0.1) is 11.8 Å². The van der Waals surface area contributed by atoms with E-state index in [1.807, 2.05) is 58.0 Å². The molecule has 2 unspecified atom stereocenters. The number of esters is 1. The van der Waals surface area contributed by atoms with E-state index in [9.17, 15) is 19.5 Å². The van der Waals surface area contributed by atoms with Gasteiger partial charge in [0, 0.05) is 12.1 Å². The second-order valence-electron chi connectivity index (χ2n) is 12.1. The first-order valence-corrected chi connectivity index (χ1v) is 13.8. The van der Waals surface area contributed by atoms with Gasteiger partial charge in [0.2, 0.25) is 11.8 Å². The van der Waals surface area contributed by atoms with E-state index in [0.717, 1.165) is 0 Å². The number of amides is 2. The molecule has 39 heavy (non-hydrogen) atoms. The lowest BCUT2D eigenvalue weighted by atomic mass is 9.66. The summed E-state index contributed by atoms with van der Waals surface area (Å²) in [6.07, 6.45) is 5.75. The van der Waals surface area contributed by atoms with Crippen LogP contribution < -0.4 is 0 Å². The van der Waals surface area contributed by atoms with Crippen LogP contribution in [0.1, 0.15) is 65.0 Å². The molecular formula is C31H42N2O6. The summed E-state index contributed by atoms with van der Waals surface area (Å²) in [6, 6.07) is 7.38. The molecule has 3 aliphatic rings. The highest BCUT2D eigenvalue weighted by Crippen LogP contribution is 2.64. The molecule has 0 saturated carbocycles. The van der Waals surface area contributed by atoms with Gasteiger partial charge in [0.1, 0.15) is 17.6 Å². The van der Waals surface area contributed by atoms with Gasteiger partial charge in [0.25, 0.3) is 0 Å². The van der Waals surface area contributed by atoms with Crippen LogP contribution in [0.3, 0.4) is 0 Å². The van der Waals surface area contributed by atoms with Crippen molar-refractivity contribution < 1.29 is 29.0 Å². The second kappa shape index (κ2) is 10.9. The largest absolute Gasteiger partial charge is 0.465 e. The summed E-state index contributed by atoms with van der Waals surface area (Å²) >= 11 is 0. The average Bonchev–Trinajstić information content (AvgIpc) is 3.46. The molecule has 0 radical (unpaired) electrons. The maximum atomic E-state index is 14.5. The van der Waals surface area contributed by atoms with E-state index in [-0.39, 0.29) is 31.6 Å². The van der Waals surface area contributed by atoms with Crippen LogP contribution in [-0.2, 0) is 23.9 Å². The summed E-state index contributed by atoms with van der Waals surface area (Å²) in [7, 11) is 0. The van der Waals surface area contributed by atoms with Crippen molar-refractivity contribution in [2.75, 3.05) is 19.8 Å². The summed E-state index contributed by atoms with van der Waals surface area (Å²) in [6.45, 7) is 15.3. The summed E-state index contributed by atoms with van der Waals surface area (Å²) in [5.41, 5.74) is -1.99. The third-order valence-electron chi connectivity index (χ3n) is 8.58. The van der Waals surface area contributed by atoms with Gasteiger partial charge in [-0.15, -0.1) is 13.2 Å². The van der Waals surface area contributed by atoms with Crippen LogP contribution in [0.25, 0.3) is 0 Å². The predicted molar refractivity (Wildman–Crippen MR) is 147 cm³/mol. The lowest BCUT2D eigenvalue weighted by Gasteiger charge is -2.43. The van der Waals surface area contributed by atoms with Crippen molar-refractivity contribution in [3.8, 4) is 0 Å². The molecule has 1 aromatic carbocycles. The molecule has 4 rings (SSSR count). The van der Waals surface area contributed by atoms with Gasteiger partial charge in [-0.1, -0.05) is 42.5 Å². The van der Waals surface area contributed by atoms with Crippen LogP contribution in [0.2, 0.25) is 0 Å². The Labute approximate surface area is 231 Å². The fourth-order valence-electron chi connectivity index (χ4n) is 6.83. The Bertz CT molecular complexity index is 1110. The SMILES string of the molecule is C=CCCCOC(=O)[C@@H]1[C@H]2C(=O)N([C@H](CO)c3ccccc3)C(C(=O)N(CC=C)C(C)(C)C)C23CC[C@@]1(C)O3. The highest BCUT2D eigenvalue weighted by molar-refractivity contribution is 5.99. The lowest BCUT2D eigenvalue weighted by molar-refractivity contribution is -0.163. The molecule has 212 valence electrons. The quantitative estimate of drug-likeness (QED) is 0.262. The number of rotatable bonds is 11. The van der Waals surface area contributed by atoms with E-state index in [1.165, 1.54) is 4.90 Å². The van der Waals surface area contributed by atoms with E-state index < -0.39 is 46.6 Å². The predicted octanol–water partition coefficient (Wildman–Crippen LogP) is 3.81. The number of aliphatic hydroxyl groups excluding tert-OH is 1. The van der Waals surface area contributed by atoms with E-state index in [4.69, 9.17) is 9.47 Å². The number of hydrogen-bond donors (Lipinski definition) is 1. The zero-order valence-electron chi connectivity index (χ0n) is 23.6. The second-order valence-corrected chi connectivity index (χ2v) is 12.1. The number of benzene rings is 1. The molecule has 8 nitrogen and oxygen atoms in total. The molecular weight excluding hydrogens is 496 g/mol.